The first-order valence-electron chi connectivity index (χ1n) is 4.91. The van der Waals surface area contributed by atoms with Crippen LogP contribution in [-0.2, 0) is 0 Å². The van der Waals surface area contributed by atoms with Crippen molar-refractivity contribution in [2.75, 3.05) is 0 Å². The molecule has 0 spiro atoms. The van der Waals surface area contributed by atoms with Gasteiger partial charge in [0.25, 0.3) is 0 Å². The maximum Gasteiger partial charge on any atom is -0.0533 e. The maximum absolute atomic E-state index is 2.27. The van der Waals surface area contributed by atoms with Crippen molar-refractivity contribution < 1.29 is 0 Å². The first-order valence-corrected chi connectivity index (χ1v) is 4.91. The van der Waals surface area contributed by atoms with E-state index in [1.807, 2.05) is 0 Å². The summed E-state index contributed by atoms with van der Waals surface area (Å²) in [5.74, 6) is 0. The number of hydrogen-bond donors (Lipinski definition) is 0. The van der Waals surface area contributed by atoms with Gasteiger partial charge < -0.3 is 0 Å². The van der Waals surface area contributed by atoms with Gasteiger partial charge in [0.05, 0.1) is 0 Å². The fraction of sp³-hybridized carbons (Fsp3) is 1.00. The van der Waals surface area contributed by atoms with Crippen LogP contribution in [0, 0.1) is 0 Å². The van der Waals surface area contributed by atoms with Crippen molar-refractivity contribution in [1.29, 1.82) is 0 Å². The topological polar surface area (TPSA) is 0 Å². The summed E-state index contributed by atoms with van der Waals surface area (Å²) in [5, 5.41) is 0. The second kappa shape index (κ2) is 29.4. The molecule has 0 aromatic heterocycles. The van der Waals surface area contributed by atoms with Crippen molar-refractivity contribution in [3.63, 3.8) is 0 Å². The highest BCUT2D eigenvalue weighted by molar-refractivity contribution is 8.93. The van der Waals surface area contributed by atoms with Gasteiger partial charge in [0, 0.05) is 0 Å². The van der Waals surface area contributed by atoms with Crippen LogP contribution in [0.1, 0.15) is 65.2 Å². The molecule has 0 aliphatic carbocycles. The average molecular weight is 466 g/mol. The average Bonchev–Trinajstić information content (AvgIpc) is 1.97. The first-order chi connectivity index (χ1) is 4.91. The Kier molecular flexibility index (Phi) is 62.4. The molecule has 0 heterocycles. The largest absolute Gasteiger partial charge is 0.114 e. The first kappa shape index (κ1) is 29.7. The maximum atomic E-state index is 2.27. The molecule has 0 fully saturated rings. The minimum absolute atomic E-state index is 0. The highest BCUT2D eigenvalue weighted by Gasteiger charge is 1.87. The van der Waals surface area contributed by atoms with Crippen LogP contribution in [-0.4, -0.2) is 0 Å². The summed E-state index contributed by atoms with van der Waals surface area (Å²) >= 11 is 0. The van der Waals surface area contributed by atoms with Gasteiger partial charge in [0.15, 0.2) is 0 Å². The van der Waals surface area contributed by atoms with Crippen molar-refractivity contribution >= 4 is 67.9 Å². The Bertz CT molecular complexity index is 52.1. The molecule has 0 rings (SSSR count). The van der Waals surface area contributed by atoms with Crippen molar-refractivity contribution in [1.82, 2.24) is 0 Å². The highest BCUT2D eigenvalue weighted by Crippen LogP contribution is 2.07. The summed E-state index contributed by atoms with van der Waals surface area (Å²) in [6.07, 6.45) is 11.5. The smallest absolute Gasteiger partial charge is 0.0533 e. The zero-order chi connectivity index (χ0) is 7.66. The van der Waals surface area contributed by atoms with Crippen LogP contribution >= 0.6 is 67.9 Å². The summed E-state index contributed by atoms with van der Waals surface area (Å²) in [4.78, 5) is 0. The van der Waals surface area contributed by atoms with Crippen LogP contribution in [0.4, 0.5) is 0 Å². The normalized spacial score (nSPS) is 7.29. The summed E-state index contributed by atoms with van der Waals surface area (Å²) in [5.41, 5.74) is 0. The molecule has 0 N–H and O–H groups in total. The molecule has 0 radical (unpaired) electrons. The molecule has 0 aliphatic heterocycles. The van der Waals surface area contributed by atoms with Gasteiger partial charge in [-0.1, -0.05) is 65.2 Å². The second-order valence-electron chi connectivity index (χ2n) is 3.12. The molecule has 0 bridgehead atoms. The Morgan fingerprint density at radius 2 is 0.643 bits per heavy atom. The molecule has 0 nitrogen and oxygen atoms in total. The molecule has 94 valence electrons. The van der Waals surface area contributed by atoms with Gasteiger partial charge in [-0.2, -0.15) is 0 Å². The van der Waals surface area contributed by atoms with Gasteiger partial charge in [-0.15, -0.1) is 67.9 Å². The van der Waals surface area contributed by atoms with E-state index in [1.165, 1.54) is 51.4 Å². The van der Waals surface area contributed by atoms with Gasteiger partial charge in [0.1, 0.15) is 0 Å². The predicted molar refractivity (Wildman–Crippen MR) is 89.6 cm³/mol. The van der Waals surface area contributed by atoms with Gasteiger partial charge in [-0.05, 0) is 0 Å². The fourth-order valence-corrected chi connectivity index (χ4v) is 1.21. The molecular weight excluding hydrogens is 440 g/mol. The van der Waals surface area contributed by atoms with Crippen molar-refractivity contribution in [3.05, 3.63) is 0 Å². The van der Waals surface area contributed by atoms with Gasteiger partial charge >= 0.3 is 0 Å². The van der Waals surface area contributed by atoms with Gasteiger partial charge in [-0.25, -0.2) is 0 Å². The molecule has 0 amide bonds. The van der Waals surface area contributed by atoms with Crippen molar-refractivity contribution in [2.24, 2.45) is 0 Å². The molecule has 0 aliphatic rings. The lowest BCUT2D eigenvalue weighted by molar-refractivity contribution is 0.585. The molecular formula is C10H26Br4. The predicted octanol–water partition coefficient (Wildman–Crippen LogP) is 6.46. The van der Waals surface area contributed by atoms with E-state index in [2.05, 4.69) is 13.8 Å². The Morgan fingerprint density at radius 3 is 0.857 bits per heavy atom. The molecule has 0 aromatic carbocycles. The van der Waals surface area contributed by atoms with E-state index >= 15 is 0 Å². The Hall–Kier alpha value is 1.92. The van der Waals surface area contributed by atoms with E-state index in [9.17, 15) is 0 Å². The van der Waals surface area contributed by atoms with Crippen LogP contribution in [0.3, 0.4) is 0 Å². The monoisotopic (exact) mass is 462 g/mol. The minimum atomic E-state index is 0. The van der Waals surface area contributed by atoms with Crippen LogP contribution in [0.2, 0.25) is 0 Å². The number of unbranched alkanes of at least 4 members (excludes halogenated alkanes) is 7. The third kappa shape index (κ3) is 29.2. The fourth-order valence-electron chi connectivity index (χ4n) is 1.21. The van der Waals surface area contributed by atoms with Gasteiger partial charge in [-0.3, -0.25) is 0 Å². The van der Waals surface area contributed by atoms with E-state index in [0.717, 1.165) is 0 Å². The highest BCUT2D eigenvalue weighted by atomic mass is 79.9. The van der Waals surface area contributed by atoms with Crippen LogP contribution in [0.5, 0.6) is 0 Å². The molecule has 0 unspecified atom stereocenters. The minimum Gasteiger partial charge on any atom is -0.114 e. The second-order valence-corrected chi connectivity index (χ2v) is 3.12. The quantitative estimate of drug-likeness (QED) is 0.378. The van der Waals surface area contributed by atoms with Gasteiger partial charge in [0.2, 0.25) is 0 Å². The van der Waals surface area contributed by atoms with Crippen LogP contribution < -0.4 is 0 Å². The third-order valence-corrected chi connectivity index (χ3v) is 1.96. The van der Waals surface area contributed by atoms with Crippen LogP contribution in [0.15, 0.2) is 0 Å². The molecule has 0 atom stereocenters. The molecule has 14 heavy (non-hydrogen) atoms. The summed E-state index contributed by atoms with van der Waals surface area (Å²) in [7, 11) is 0. The zero-order valence-electron chi connectivity index (χ0n) is 9.29. The Morgan fingerprint density at radius 1 is 0.429 bits per heavy atom. The zero-order valence-corrected chi connectivity index (χ0v) is 16.1. The molecule has 0 saturated carbocycles. The number of halogens is 4. The molecule has 0 aromatic rings. The lowest BCUT2D eigenvalue weighted by Crippen LogP contribution is -1.77. The lowest BCUT2D eigenvalue weighted by atomic mass is 10.1. The third-order valence-electron chi connectivity index (χ3n) is 1.96. The van der Waals surface area contributed by atoms with E-state index < -0.39 is 0 Å². The Labute approximate surface area is 132 Å². The number of rotatable bonds is 7. The summed E-state index contributed by atoms with van der Waals surface area (Å²) in [6.45, 7) is 4.54. The van der Waals surface area contributed by atoms with E-state index in [1.54, 1.807) is 0 Å². The SMILES string of the molecule is Br.Br.Br.Br.CCCCCCCCCC. The summed E-state index contributed by atoms with van der Waals surface area (Å²) in [6, 6.07) is 0. The standard InChI is InChI=1S/C10H22.4BrH/c1-3-5-7-9-10-8-6-4-2;;;;/h3-10H2,1-2H3;4*1H. The molecule has 0 saturated heterocycles. The summed E-state index contributed by atoms with van der Waals surface area (Å²) < 4.78 is 0. The van der Waals surface area contributed by atoms with Crippen molar-refractivity contribution in [2.45, 2.75) is 65.2 Å². The van der Waals surface area contributed by atoms with E-state index in [-0.39, 0.29) is 67.9 Å². The van der Waals surface area contributed by atoms with E-state index in [4.69, 9.17) is 0 Å². The van der Waals surface area contributed by atoms with E-state index in [0.29, 0.717) is 0 Å². The lowest BCUT2D eigenvalue weighted by Gasteiger charge is -1.97. The molecule has 4 heteroatoms. The number of hydrogen-bond acceptors (Lipinski definition) is 0. The van der Waals surface area contributed by atoms with Crippen LogP contribution in [0.25, 0.3) is 0 Å². The Balaban J connectivity index is -0.0000000675. The van der Waals surface area contributed by atoms with Crippen molar-refractivity contribution in [3.8, 4) is 0 Å².